The van der Waals surface area contributed by atoms with Crippen LogP contribution in [0.4, 0.5) is 13.2 Å². The third kappa shape index (κ3) is 5.12. The summed E-state index contributed by atoms with van der Waals surface area (Å²) in [5, 5.41) is 3.27. The van der Waals surface area contributed by atoms with E-state index in [0.717, 1.165) is 25.7 Å². The standard InChI is InChI=1S/C16H27F3N4.HI/c17-16(18,19)11-5-7-23(8-6-11)14-9-13(10-14)22-15(20)21-12-3-1-2-4-12;/h11-14H,1-10H2,(H3,20,21,22);1H. The van der Waals surface area contributed by atoms with E-state index in [4.69, 9.17) is 5.73 Å². The predicted molar refractivity (Wildman–Crippen MR) is 99.6 cm³/mol. The zero-order valence-electron chi connectivity index (χ0n) is 13.9. The van der Waals surface area contributed by atoms with Crippen LogP contribution in [0.5, 0.6) is 0 Å². The lowest BCUT2D eigenvalue weighted by atomic mass is 9.83. The average Bonchev–Trinajstić information content (AvgIpc) is 2.94. The summed E-state index contributed by atoms with van der Waals surface area (Å²) >= 11 is 0. The van der Waals surface area contributed by atoms with Crippen LogP contribution in [0.15, 0.2) is 4.99 Å². The van der Waals surface area contributed by atoms with Crippen LogP contribution in [-0.2, 0) is 0 Å². The minimum atomic E-state index is -4.03. The molecule has 0 radical (unpaired) electrons. The van der Waals surface area contributed by atoms with Gasteiger partial charge in [-0.1, -0.05) is 12.8 Å². The highest BCUT2D eigenvalue weighted by molar-refractivity contribution is 14.0. The summed E-state index contributed by atoms with van der Waals surface area (Å²) in [6, 6.07) is 1.10. The van der Waals surface area contributed by atoms with Crippen molar-refractivity contribution in [1.29, 1.82) is 0 Å². The molecule has 0 spiro atoms. The molecule has 3 fully saturated rings. The Bertz CT molecular complexity index is 424. The first kappa shape index (κ1) is 20.1. The van der Waals surface area contributed by atoms with Crippen molar-refractivity contribution in [2.24, 2.45) is 16.6 Å². The number of aliphatic imine (C=N–C) groups is 1. The van der Waals surface area contributed by atoms with Crippen molar-refractivity contribution in [2.75, 3.05) is 13.1 Å². The average molecular weight is 460 g/mol. The molecular weight excluding hydrogens is 432 g/mol. The Kier molecular flexibility index (Phi) is 7.04. The monoisotopic (exact) mass is 460 g/mol. The first-order chi connectivity index (χ1) is 10.9. The first-order valence-electron chi connectivity index (χ1n) is 8.82. The fourth-order valence-electron chi connectivity index (χ4n) is 4.07. The molecular formula is C16H28F3IN4. The highest BCUT2D eigenvalue weighted by atomic mass is 127. The maximum Gasteiger partial charge on any atom is 0.391 e. The summed E-state index contributed by atoms with van der Waals surface area (Å²) in [7, 11) is 0. The number of halogens is 4. The molecule has 140 valence electrons. The number of nitrogens with zero attached hydrogens (tertiary/aromatic N) is 2. The van der Waals surface area contributed by atoms with Crippen molar-refractivity contribution < 1.29 is 13.2 Å². The zero-order valence-corrected chi connectivity index (χ0v) is 16.2. The highest BCUT2D eigenvalue weighted by Crippen LogP contribution is 2.36. The van der Waals surface area contributed by atoms with Crippen LogP contribution < -0.4 is 11.1 Å². The number of nitrogens with two attached hydrogens (primary N) is 1. The van der Waals surface area contributed by atoms with Gasteiger partial charge in [-0.15, -0.1) is 24.0 Å². The lowest BCUT2D eigenvalue weighted by molar-refractivity contribution is -0.187. The van der Waals surface area contributed by atoms with E-state index in [1.807, 2.05) is 0 Å². The Morgan fingerprint density at radius 2 is 1.62 bits per heavy atom. The van der Waals surface area contributed by atoms with Crippen molar-refractivity contribution in [2.45, 2.75) is 75.7 Å². The highest BCUT2D eigenvalue weighted by Gasteiger charge is 2.43. The van der Waals surface area contributed by atoms with Crippen molar-refractivity contribution in [3.8, 4) is 0 Å². The molecule has 0 bridgehead atoms. The van der Waals surface area contributed by atoms with Gasteiger partial charge in [0.2, 0.25) is 0 Å². The van der Waals surface area contributed by atoms with Crippen LogP contribution >= 0.6 is 24.0 Å². The third-order valence-electron chi connectivity index (χ3n) is 5.62. The molecule has 3 aliphatic rings. The van der Waals surface area contributed by atoms with Gasteiger partial charge < -0.3 is 16.0 Å². The normalized spacial score (nSPS) is 30.7. The lowest BCUT2D eigenvalue weighted by Crippen LogP contribution is -2.57. The van der Waals surface area contributed by atoms with Crippen molar-refractivity contribution >= 4 is 29.9 Å². The molecule has 8 heteroatoms. The van der Waals surface area contributed by atoms with E-state index in [2.05, 4.69) is 15.2 Å². The van der Waals surface area contributed by atoms with Crippen molar-refractivity contribution in [1.82, 2.24) is 10.2 Å². The fourth-order valence-corrected chi connectivity index (χ4v) is 4.07. The Labute approximate surface area is 158 Å². The first-order valence-corrected chi connectivity index (χ1v) is 8.82. The molecule has 4 nitrogen and oxygen atoms in total. The molecule has 2 saturated carbocycles. The van der Waals surface area contributed by atoms with E-state index in [9.17, 15) is 13.2 Å². The summed E-state index contributed by atoms with van der Waals surface area (Å²) < 4.78 is 38.0. The smallest absolute Gasteiger partial charge is 0.370 e. The summed E-state index contributed by atoms with van der Waals surface area (Å²) in [6.45, 7) is 1.13. The number of alkyl halides is 3. The van der Waals surface area contributed by atoms with Gasteiger partial charge >= 0.3 is 6.18 Å². The largest absolute Gasteiger partial charge is 0.391 e. The maximum absolute atomic E-state index is 12.7. The number of piperidine rings is 1. The summed E-state index contributed by atoms with van der Waals surface area (Å²) in [5.74, 6) is -0.571. The van der Waals surface area contributed by atoms with Gasteiger partial charge in [0, 0.05) is 12.1 Å². The predicted octanol–water partition coefficient (Wildman–Crippen LogP) is 3.26. The fraction of sp³-hybridized carbons (Fsp3) is 0.938. The van der Waals surface area contributed by atoms with E-state index in [1.54, 1.807) is 0 Å². The van der Waals surface area contributed by atoms with Crippen LogP contribution in [0, 0.1) is 5.92 Å². The van der Waals surface area contributed by atoms with Crippen molar-refractivity contribution in [3.05, 3.63) is 0 Å². The maximum atomic E-state index is 12.7. The topological polar surface area (TPSA) is 53.6 Å². The molecule has 1 heterocycles. The molecule has 1 saturated heterocycles. The molecule has 3 N–H and O–H groups in total. The van der Waals surface area contributed by atoms with Gasteiger partial charge in [0.15, 0.2) is 5.96 Å². The van der Waals surface area contributed by atoms with Gasteiger partial charge in [-0.25, -0.2) is 0 Å². The number of hydrogen-bond donors (Lipinski definition) is 2. The lowest BCUT2D eigenvalue weighted by Gasteiger charge is -2.46. The second-order valence-electron chi connectivity index (χ2n) is 7.27. The van der Waals surface area contributed by atoms with Gasteiger partial charge in [-0.3, -0.25) is 4.99 Å². The second kappa shape index (κ2) is 8.42. The van der Waals surface area contributed by atoms with Crippen LogP contribution in [0.2, 0.25) is 0 Å². The van der Waals surface area contributed by atoms with Gasteiger partial charge in [-0.05, 0) is 51.6 Å². The SMILES string of the molecule is I.NC(=NC1CCCC1)NC1CC(N2CCC(C(F)(F)F)CC2)C1. The zero-order chi connectivity index (χ0) is 16.4. The van der Waals surface area contributed by atoms with Gasteiger partial charge in [0.1, 0.15) is 0 Å². The molecule has 0 atom stereocenters. The molecule has 0 aromatic carbocycles. The van der Waals surface area contributed by atoms with E-state index >= 15 is 0 Å². The second-order valence-corrected chi connectivity index (χ2v) is 7.27. The summed E-state index contributed by atoms with van der Waals surface area (Å²) in [4.78, 5) is 6.73. The molecule has 0 aromatic rings. The molecule has 0 aromatic heterocycles. The summed E-state index contributed by atoms with van der Waals surface area (Å²) in [6.07, 6.45) is 3.10. The number of guanidine groups is 1. The number of nitrogens with one attached hydrogen (secondary N) is 1. The Morgan fingerprint density at radius 1 is 1.04 bits per heavy atom. The molecule has 2 aliphatic carbocycles. The minimum Gasteiger partial charge on any atom is -0.370 e. The van der Waals surface area contributed by atoms with Gasteiger partial charge in [0.25, 0.3) is 0 Å². The Hall–Kier alpha value is -0.250. The van der Waals surface area contributed by atoms with Gasteiger partial charge in [-0.2, -0.15) is 13.2 Å². The van der Waals surface area contributed by atoms with Crippen LogP contribution in [-0.4, -0.2) is 48.3 Å². The molecule has 24 heavy (non-hydrogen) atoms. The van der Waals surface area contributed by atoms with E-state index < -0.39 is 12.1 Å². The van der Waals surface area contributed by atoms with E-state index in [1.165, 1.54) is 12.8 Å². The third-order valence-corrected chi connectivity index (χ3v) is 5.62. The van der Waals surface area contributed by atoms with Crippen LogP contribution in [0.25, 0.3) is 0 Å². The van der Waals surface area contributed by atoms with E-state index in [-0.39, 0.29) is 36.8 Å². The number of hydrogen-bond acceptors (Lipinski definition) is 2. The molecule has 0 amide bonds. The van der Waals surface area contributed by atoms with Crippen LogP contribution in [0.3, 0.4) is 0 Å². The number of rotatable bonds is 3. The quantitative estimate of drug-likeness (QED) is 0.386. The van der Waals surface area contributed by atoms with Crippen LogP contribution in [0.1, 0.15) is 51.4 Å². The van der Waals surface area contributed by atoms with E-state index in [0.29, 0.717) is 37.2 Å². The summed E-state index contributed by atoms with van der Waals surface area (Å²) in [5.41, 5.74) is 5.95. The Morgan fingerprint density at radius 3 is 2.17 bits per heavy atom. The Balaban J connectivity index is 0.00000208. The molecule has 3 rings (SSSR count). The molecule has 1 aliphatic heterocycles. The van der Waals surface area contributed by atoms with Crippen molar-refractivity contribution in [3.63, 3.8) is 0 Å². The minimum absolute atomic E-state index is 0. The molecule has 0 unspecified atom stereocenters. The van der Waals surface area contributed by atoms with Gasteiger partial charge in [0.05, 0.1) is 12.0 Å². The number of likely N-dealkylation sites (tertiary alicyclic amines) is 1.